The van der Waals surface area contributed by atoms with Crippen LogP contribution in [0.15, 0.2) is 57.7 Å². The molecule has 182 valence electrons. The van der Waals surface area contributed by atoms with Crippen LogP contribution in [0.4, 0.5) is 5.69 Å². The number of hydrogen-bond acceptors (Lipinski definition) is 5. The number of H-pyrrole nitrogens is 1. The van der Waals surface area contributed by atoms with E-state index in [1.165, 1.54) is 0 Å². The van der Waals surface area contributed by atoms with Crippen molar-refractivity contribution in [1.29, 1.82) is 0 Å². The van der Waals surface area contributed by atoms with Gasteiger partial charge in [-0.1, -0.05) is 6.07 Å². The van der Waals surface area contributed by atoms with Crippen molar-refractivity contribution in [3.8, 4) is 11.3 Å². The fraction of sp³-hybridized carbons (Fsp3) is 0.207. The number of carboxylic acids is 1. The molecule has 0 aliphatic rings. The zero-order valence-corrected chi connectivity index (χ0v) is 20.8. The molecule has 0 fully saturated rings. The second-order valence-electron chi connectivity index (χ2n) is 9.39. The molecule has 2 aromatic carbocycles. The van der Waals surface area contributed by atoms with E-state index in [9.17, 15) is 14.7 Å². The minimum Gasteiger partial charge on any atom is -0.476 e. The Morgan fingerprint density at radius 1 is 1.06 bits per heavy atom. The van der Waals surface area contributed by atoms with E-state index >= 15 is 0 Å². The Morgan fingerprint density at radius 2 is 1.83 bits per heavy atom. The van der Waals surface area contributed by atoms with Gasteiger partial charge in [0.2, 0.25) is 0 Å². The van der Waals surface area contributed by atoms with Gasteiger partial charge in [0.15, 0.2) is 11.1 Å². The molecule has 36 heavy (non-hydrogen) atoms. The Balaban J connectivity index is 1.67. The lowest BCUT2D eigenvalue weighted by atomic mass is 9.98. The summed E-state index contributed by atoms with van der Waals surface area (Å²) in [7, 11) is 0. The number of aromatic nitrogens is 2. The molecule has 3 heterocycles. The first kappa shape index (κ1) is 23.4. The predicted octanol–water partition coefficient (Wildman–Crippen LogP) is 6.44. The van der Waals surface area contributed by atoms with Crippen LogP contribution in [0.3, 0.4) is 0 Å². The first-order valence-corrected chi connectivity index (χ1v) is 11.8. The van der Waals surface area contributed by atoms with Crippen molar-refractivity contribution in [1.82, 2.24) is 9.97 Å². The molecular formula is C29H27N3O4. The van der Waals surface area contributed by atoms with Crippen LogP contribution < -0.4 is 10.7 Å². The summed E-state index contributed by atoms with van der Waals surface area (Å²) in [6, 6.07) is 14.9. The van der Waals surface area contributed by atoms with Crippen molar-refractivity contribution in [3.05, 3.63) is 92.5 Å². The summed E-state index contributed by atoms with van der Waals surface area (Å²) < 4.78 is 6.47. The summed E-state index contributed by atoms with van der Waals surface area (Å²) in [6.45, 7) is 9.38. The lowest BCUT2D eigenvalue weighted by Crippen LogP contribution is -2.15. The van der Waals surface area contributed by atoms with Gasteiger partial charge in [-0.3, -0.25) is 4.79 Å². The molecule has 0 unspecified atom stereocenters. The van der Waals surface area contributed by atoms with Gasteiger partial charge in [0, 0.05) is 39.0 Å². The van der Waals surface area contributed by atoms with Gasteiger partial charge >= 0.3 is 5.97 Å². The van der Waals surface area contributed by atoms with Crippen molar-refractivity contribution < 1.29 is 14.3 Å². The van der Waals surface area contributed by atoms with Gasteiger partial charge in [-0.2, -0.15) is 0 Å². The zero-order chi connectivity index (χ0) is 25.7. The number of rotatable bonds is 5. The molecule has 5 rings (SSSR count). The van der Waals surface area contributed by atoms with Crippen molar-refractivity contribution in [2.45, 2.75) is 40.7 Å². The van der Waals surface area contributed by atoms with E-state index in [4.69, 9.17) is 4.42 Å². The molecule has 0 aliphatic heterocycles. The number of nitrogens with one attached hydrogen (secondary N) is 2. The number of benzene rings is 2. The number of aromatic carboxylic acids is 1. The monoisotopic (exact) mass is 481 g/mol. The van der Waals surface area contributed by atoms with Gasteiger partial charge in [0.1, 0.15) is 11.3 Å². The number of carboxylic acid groups (broad SMARTS) is 1. The summed E-state index contributed by atoms with van der Waals surface area (Å²) in [4.78, 5) is 32.7. The first-order chi connectivity index (χ1) is 17.1. The SMILES string of the molecule is Cc1cc([C@@H](C)Nc2ccc(C)nc2C(=O)O)c2oc(-c3ccc4[nH]c(C)cc4c3)c(C)c(=O)c2c1. The largest absolute Gasteiger partial charge is 0.476 e. The van der Waals surface area contributed by atoms with E-state index in [2.05, 4.69) is 21.4 Å². The second kappa shape index (κ2) is 8.68. The number of fused-ring (bicyclic) bond motifs is 2. The summed E-state index contributed by atoms with van der Waals surface area (Å²) in [5.74, 6) is -0.587. The predicted molar refractivity (Wildman–Crippen MR) is 142 cm³/mol. The Kier molecular flexibility index (Phi) is 5.63. The molecule has 7 nitrogen and oxygen atoms in total. The summed E-state index contributed by atoms with van der Waals surface area (Å²) in [6.07, 6.45) is 0. The maximum atomic E-state index is 13.5. The number of aryl methyl sites for hydroxylation is 3. The number of carbonyl (C=O) groups is 1. The highest BCUT2D eigenvalue weighted by molar-refractivity contribution is 5.92. The van der Waals surface area contributed by atoms with Gasteiger partial charge in [-0.25, -0.2) is 9.78 Å². The van der Waals surface area contributed by atoms with Crippen molar-refractivity contribution in [3.63, 3.8) is 0 Å². The van der Waals surface area contributed by atoms with Gasteiger partial charge in [-0.15, -0.1) is 0 Å². The van der Waals surface area contributed by atoms with Crippen molar-refractivity contribution in [2.75, 3.05) is 5.32 Å². The molecule has 7 heteroatoms. The van der Waals surface area contributed by atoms with Crippen LogP contribution in [0.5, 0.6) is 0 Å². The zero-order valence-electron chi connectivity index (χ0n) is 20.8. The van der Waals surface area contributed by atoms with E-state index < -0.39 is 5.97 Å². The third-order valence-electron chi connectivity index (χ3n) is 6.49. The topological polar surface area (TPSA) is 108 Å². The maximum absolute atomic E-state index is 13.5. The number of pyridine rings is 1. The second-order valence-corrected chi connectivity index (χ2v) is 9.39. The molecule has 0 amide bonds. The Morgan fingerprint density at radius 3 is 2.58 bits per heavy atom. The summed E-state index contributed by atoms with van der Waals surface area (Å²) in [5.41, 5.74) is 6.48. The van der Waals surface area contributed by atoms with E-state index in [1.807, 2.05) is 51.1 Å². The smallest absolute Gasteiger partial charge is 0.356 e. The summed E-state index contributed by atoms with van der Waals surface area (Å²) in [5, 5.41) is 14.4. The average Bonchev–Trinajstić information content (AvgIpc) is 3.21. The third kappa shape index (κ3) is 4.02. The molecule has 0 spiro atoms. The number of anilines is 1. The highest BCUT2D eigenvalue weighted by atomic mass is 16.4. The third-order valence-corrected chi connectivity index (χ3v) is 6.49. The highest BCUT2D eigenvalue weighted by Gasteiger charge is 2.21. The van der Waals surface area contributed by atoms with Gasteiger partial charge in [0.05, 0.1) is 17.1 Å². The first-order valence-electron chi connectivity index (χ1n) is 11.8. The Bertz CT molecular complexity index is 1730. The van der Waals surface area contributed by atoms with Crippen LogP contribution in [0, 0.1) is 27.7 Å². The lowest BCUT2D eigenvalue weighted by molar-refractivity contribution is 0.0691. The number of aromatic amines is 1. The molecule has 3 aromatic heterocycles. The Hall–Kier alpha value is -4.39. The summed E-state index contributed by atoms with van der Waals surface area (Å²) >= 11 is 0. The van der Waals surface area contributed by atoms with Crippen LogP contribution in [0.25, 0.3) is 33.2 Å². The van der Waals surface area contributed by atoms with Crippen molar-refractivity contribution >= 4 is 33.5 Å². The minimum atomic E-state index is -1.11. The quantitative estimate of drug-likeness (QED) is 0.267. The fourth-order valence-electron chi connectivity index (χ4n) is 4.73. The minimum absolute atomic E-state index is 0.0492. The molecule has 0 saturated heterocycles. The fourth-order valence-corrected chi connectivity index (χ4v) is 4.73. The molecular weight excluding hydrogens is 454 g/mol. The van der Waals surface area contributed by atoms with Crippen molar-refractivity contribution in [2.24, 2.45) is 0 Å². The molecule has 0 aliphatic carbocycles. The maximum Gasteiger partial charge on any atom is 0.356 e. The standard InChI is InChI=1S/C29H27N3O4/c1-14-10-21(18(5)32-24-8-6-15(2)31-25(24)29(34)35)28-22(11-14)26(33)17(4)27(36-28)19-7-9-23-20(13-19)12-16(3)30-23/h6-13,18,30,32H,1-5H3,(H,34,35)/t18-/m1/s1. The van der Waals surface area contributed by atoms with Crippen LogP contribution in [0.2, 0.25) is 0 Å². The van der Waals surface area contributed by atoms with Crippen LogP contribution in [-0.4, -0.2) is 21.0 Å². The number of hydrogen-bond donors (Lipinski definition) is 3. The van der Waals surface area contributed by atoms with E-state index in [-0.39, 0.29) is 17.2 Å². The highest BCUT2D eigenvalue weighted by Crippen LogP contribution is 2.33. The molecule has 0 radical (unpaired) electrons. The molecule has 0 saturated carbocycles. The van der Waals surface area contributed by atoms with E-state index in [0.717, 1.165) is 33.3 Å². The molecule has 5 aromatic rings. The lowest BCUT2D eigenvalue weighted by Gasteiger charge is -2.20. The van der Waals surface area contributed by atoms with Gasteiger partial charge in [0.25, 0.3) is 0 Å². The van der Waals surface area contributed by atoms with Gasteiger partial charge < -0.3 is 19.8 Å². The van der Waals surface area contributed by atoms with Crippen LogP contribution >= 0.6 is 0 Å². The van der Waals surface area contributed by atoms with E-state index in [0.29, 0.717) is 33.7 Å². The Labute approximate surface area is 207 Å². The van der Waals surface area contributed by atoms with Crippen LogP contribution in [-0.2, 0) is 0 Å². The van der Waals surface area contributed by atoms with E-state index in [1.54, 1.807) is 26.0 Å². The normalized spacial score (nSPS) is 12.2. The molecule has 1 atom stereocenters. The molecule has 3 N–H and O–H groups in total. The van der Waals surface area contributed by atoms with Gasteiger partial charge in [-0.05, 0) is 82.6 Å². The number of nitrogens with zero attached hydrogens (tertiary/aromatic N) is 1. The molecule has 0 bridgehead atoms. The average molecular weight is 482 g/mol. The van der Waals surface area contributed by atoms with Crippen LogP contribution in [0.1, 0.15) is 51.5 Å².